The molecule has 0 aliphatic heterocycles. The van der Waals surface area contributed by atoms with Crippen molar-refractivity contribution in [1.29, 1.82) is 0 Å². The molecule has 0 amide bonds. The van der Waals surface area contributed by atoms with Crippen molar-refractivity contribution in [2.75, 3.05) is 20.3 Å². The van der Waals surface area contributed by atoms with Crippen molar-refractivity contribution in [1.82, 2.24) is 0 Å². The lowest BCUT2D eigenvalue weighted by Crippen LogP contribution is -2.23. The lowest BCUT2D eigenvalue weighted by Gasteiger charge is -2.12. The summed E-state index contributed by atoms with van der Waals surface area (Å²) in [6, 6.07) is 6.28. The number of methoxy groups -OCH3 is 1. The first-order chi connectivity index (χ1) is 8.67. The van der Waals surface area contributed by atoms with E-state index in [-0.39, 0.29) is 6.04 Å². The fourth-order valence-corrected chi connectivity index (χ4v) is 2.42. The van der Waals surface area contributed by atoms with Gasteiger partial charge in [0.05, 0.1) is 11.6 Å². The van der Waals surface area contributed by atoms with Gasteiger partial charge in [-0.15, -0.1) is 0 Å². The van der Waals surface area contributed by atoms with Gasteiger partial charge in [-0.05, 0) is 59.8 Å². The zero-order valence-electron chi connectivity index (χ0n) is 11.1. The Bertz CT molecular complexity index is 358. The molecule has 0 bridgehead atoms. The molecule has 0 aliphatic carbocycles. The quantitative estimate of drug-likeness (QED) is 0.749. The van der Waals surface area contributed by atoms with Gasteiger partial charge in [-0.3, -0.25) is 0 Å². The average molecular weight is 316 g/mol. The zero-order chi connectivity index (χ0) is 13.4. The van der Waals surface area contributed by atoms with Crippen molar-refractivity contribution in [3.8, 4) is 5.75 Å². The average Bonchev–Trinajstić information content (AvgIpc) is 2.35. The summed E-state index contributed by atoms with van der Waals surface area (Å²) in [6.07, 6.45) is 2.89. The Balaban J connectivity index is 2.39. The van der Waals surface area contributed by atoms with Gasteiger partial charge in [0.1, 0.15) is 5.75 Å². The van der Waals surface area contributed by atoms with E-state index in [1.165, 1.54) is 5.56 Å². The minimum atomic E-state index is 0.186. The van der Waals surface area contributed by atoms with Gasteiger partial charge in [-0.1, -0.05) is 6.07 Å². The van der Waals surface area contributed by atoms with E-state index in [9.17, 15) is 0 Å². The predicted octanol–water partition coefficient (Wildman–Crippen LogP) is 3.14. The van der Waals surface area contributed by atoms with Gasteiger partial charge in [0.2, 0.25) is 0 Å². The zero-order valence-corrected chi connectivity index (χ0v) is 12.7. The van der Waals surface area contributed by atoms with Gasteiger partial charge in [0.15, 0.2) is 0 Å². The van der Waals surface area contributed by atoms with Crippen LogP contribution in [0.25, 0.3) is 0 Å². The van der Waals surface area contributed by atoms with Crippen molar-refractivity contribution in [3.05, 3.63) is 28.2 Å². The van der Waals surface area contributed by atoms with Crippen LogP contribution < -0.4 is 10.5 Å². The van der Waals surface area contributed by atoms with Gasteiger partial charge < -0.3 is 15.2 Å². The number of hydrogen-bond donors (Lipinski definition) is 1. The lowest BCUT2D eigenvalue weighted by molar-refractivity contribution is 0.142. The van der Waals surface area contributed by atoms with Crippen LogP contribution in [0.5, 0.6) is 5.75 Å². The second-order valence-corrected chi connectivity index (χ2v) is 5.13. The Kier molecular flexibility index (Phi) is 7.32. The first-order valence-corrected chi connectivity index (χ1v) is 7.12. The minimum absolute atomic E-state index is 0.186. The van der Waals surface area contributed by atoms with Crippen LogP contribution in [0.2, 0.25) is 0 Å². The van der Waals surface area contributed by atoms with Crippen LogP contribution in [0.1, 0.15) is 25.3 Å². The molecule has 1 unspecified atom stereocenters. The van der Waals surface area contributed by atoms with Crippen LogP contribution >= 0.6 is 15.9 Å². The van der Waals surface area contributed by atoms with Crippen molar-refractivity contribution in [2.45, 2.75) is 32.2 Å². The molecule has 2 N–H and O–H groups in total. The van der Waals surface area contributed by atoms with E-state index in [1.807, 2.05) is 13.0 Å². The third-order valence-electron chi connectivity index (χ3n) is 2.78. The van der Waals surface area contributed by atoms with Gasteiger partial charge in [-0.25, -0.2) is 0 Å². The van der Waals surface area contributed by atoms with Crippen LogP contribution in [0.4, 0.5) is 0 Å². The Hall–Kier alpha value is -0.580. The summed E-state index contributed by atoms with van der Waals surface area (Å²) < 4.78 is 11.5. The number of benzene rings is 1. The number of ether oxygens (including phenoxy) is 2. The SMILES string of the molecule is CCOCCCC(N)Cc1ccc(OC)c(Br)c1. The van der Waals surface area contributed by atoms with E-state index in [4.69, 9.17) is 15.2 Å². The smallest absolute Gasteiger partial charge is 0.133 e. The van der Waals surface area contributed by atoms with E-state index < -0.39 is 0 Å². The molecule has 0 spiro atoms. The molecule has 0 heterocycles. The highest BCUT2D eigenvalue weighted by Crippen LogP contribution is 2.26. The number of rotatable bonds is 8. The van der Waals surface area contributed by atoms with Crippen LogP contribution in [-0.4, -0.2) is 26.4 Å². The third kappa shape index (κ3) is 5.38. The monoisotopic (exact) mass is 315 g/mol. The summed E-state index contributed by atoms with van der Waals surface area (Å²) in [7, 11) is 1.67. The van der Waals surface area contributed by atoms with Gasteiger partial charge in [-0.2, -0.15) is 0 Å². The van der Waals surface area contributed by atoms with Crippen molar-refractivity contribution >= 4 is 15.9 Å². The molecule has 0 saturated heterocycles. The molecule has 1 rings (SSSR count). The molecule has 3 nitrogen and oxygen atoms in total. The summed E-state index contributed by atoms with van der Waals surface area (Å²) in [4.78, 5) is 0. The summed E-state index contributed by atoms with van der Waals surface area (Å²) >= 11 is 3.48. The van der Waals surface area contributed by atoms with Crippen molar-refractivity contribution in [2.24, 2.45) is 5.73 Å². The van der Waals surface area contributed by atoms with Crippen molar-refractivity contribution in [3.63, 3.8) is 0 Å². The van der Waals surface area contributed by atoms with E-state index in [0.29, 0.717) is 0 Å². The normalized spacial score (nSPS) is 12.4. The maximum Gasteiger partial charge on any atom is 0.133 e. The number of nitrogens with two attached hydrogens (primary N) is 1. The van der Waals surface area contributed by atoms with E-state index >= 15 is 0 Å². The largest absolute Gasteiger partial charge is 0.496 e. The molecule has 1 aromatic carbocycles. The number of hydrogen-bond acceptors (Lipinski definition) is 3. The molecule has 0 fully saturated rings. The van der Waals surface area contributed by atoms with Crippen LogP contribution in [0, 0.1) is 0 Å². The molecule has 0 aliphatic rings. The summed E-state index contributed by atoms with van der Waals surface area (Å²) in [6.45, 7) is 3.59. The maximum absolute atomic E-state index is 6.11. The Morgan fingerprint density at radius 2 is 2.17 bits per heavy atom. The highest BCUT2D eigenvalue weighted by atomic mass is 79.9. The highest BCUT2D eigenvalue weighted by molar-refractivity contribution is 9.10. The topological polar surface area (TPSA) is 44.5 Å². The molecule has 1 aromatic rings. The minimum Gasteiger partial charge on any atom is -0.496 e. The predicted molar refractivity (Wildman–Crippen MR) is 78.1 cm³/mol. The molecule has 18 heavy (non-hydrogen) atoms. The highest BCUT2D eigenvalue weighted by Gasteiger charge is 2.06. The molecule has 1 atom stereocenters. The first kappa shape index (κ1) is 15.5. The second kappa shape index (κ2) is 8.51. The molecular weight excluding hydrogens is 294 g/mol. The standard InChI is InChI=1S/C14H22BrNO2/c1-3-18-8-4-5-12(16)9-11-6-7-14(17-2)13(15)10-11/h6-7,10,12H,3-5,8-9,16H2,1-2H3. The first-order valence-electron chi connectivity index (χ1n) is 6.33. The Morgan fingerprint density at radius 1 is 1.39 bits per heavy atom. The Morgan fingerprint density at radius 3 is 2.78 bits per heavy atom. The Labute approximate surface area is 118 Å². The van der Waals surface area contributed by atoms with Crippen molar-refractivity contribution < 1.29 is 9.47 Å². The summed E-state index contributed by atoms with van der Waals surface area (Å²) in [5, 5.41) is 0. The van der Waals surface area contributed by atoms with E-state index in [0.717, 1.165) is 42.7 Å². The fourth-order valence-electron chi connectivity index (χ4n) is 1.83. The molecule has 102 valence electrons. The molecular formula is C14H22BrNO2. The second-order valence-electron chi connectivity index (χ2n) is 4.27. The van der Waals surface area contributed by atoms with Gasteiger partial charge >= 0.3 is 0 Å². The van der Waals surface area contributed by atoms with E-state index in [1.54, 1.807) is 7.11 Å². The van der Waals surface area contributed by atoms with Gasteiger partial charge in [0.25, 0.3) is 0 Å². The summed E-state index contributed by atoms with van der Waals surface area (Å²) in [5.74, 6) is 0.851. The van der Waals surface area contributed by atoms with Gasteiger partial charge in [0, 0.05) is 19.3 Å². The molecule has 0 radical (unpaired) electrons. The van der Waals surface area contributed by atoms with E-state index in [2.05, 4.69) is 28.1 Å². The fraction of sp³-hybridized carbons (Fsp3) is 0.571. The lowest BCUT2D eigenvalue weighted by atomic mass is 10.0. The van der Waals surface area contributed by atoms with Crippen LogP contribution in [-0.2, 0) is 11.2 Å². The maximum atomic E-state index is 6.11. The van der Waals surface area contributed by atoms with Crippen LogP contribution in [0.15, 0.2) is 22.7 Å². The molecule has 0 aromatic heterocycles. The van der Waals surface area contributed by atoms with Crippen LogP contribution in [0.3, 0.4) is 0 Å². The molecule has 4 heteroatoms. The third-order valence-corrected chi connectivity index (χ3v) is 3.40. The molecule has 0 saturated carbocycles. The summed E-state index contributed by atoms with van der Waals surface area (Å²) in [5.41, 5.74) is 7.33. The number of halogens is 1.